The van der Waals surface area contributed by atoms with Gasteiger partial charge in [-0.2, -0.15) is 0 Å². The van der Waals surface area contributed by atoms with E-state index in [0.717, 1.165) is 19.8 Å². The number of nitrogens with one attached hydrogen (secondary N) is 1. The van der Waals surface area contributed by atoms with Crippen molar-refractivity contribution in [1.82, 2.24) is 5.32 Å². The molecule has 2 nitrogen and oxygen atoms in total. The Labute approximate surface area is 81.5 Å². The van der Waals surface area contributed by atoms with Gasteiger partial charge in [-0.25, -0.2) is 0 Å². The lowest BCUT2D eigenvalue weighted by atomic mass is 9.82. The zero-order valence-electron chi connectivity index (χ0n) is 8.06. The fraction of sp³-hybridized carbons (Fsp3) is 1.00. The van der Waals surface area contributed by atoms with Crippen molar-refractivity contribution in [2.45, 2.75) is 26.2 Å². The Bertz CT molecular complexity index is 113. The Kier molecular flexibility index (Phi) is 5.89. The van der Waals surface area contributed by atoms with E-state index >= 15 is 0 Å². The summed E-state index contributed by atoms with van der Waals surface area (Å²) in [5.41, 5.74) is 0.446. The molecule has 1 atom stereocenters. The van der Waals surface area contributed by atoms with Gasteiger partial charge in [-0.05, 0) is 38.3 Å². The molecule has 0 radical (unpaired) electrons. The molecule has 0 saturated carbocycles. The fourth-order valence-corrected chi connectivity index (χ4v) is 1.62. The van der Waals surface area contributed by atoms with Crippen molar-refractivity contribution in [1.29, 1.82) is 0 Å². The Hall–Kier alpha value is 0.210. The van der Waals surface area contributed by atoms with Crippen LogP contribution in [0.15, 0.2) is 0 Å². The smallest absolute Gasteiger partial charge is 0.0520 e. The maximum Gasteiger partial charge on any atom is 0.0520 e. The van der Waals surface area contributed by atoms with E-state index in [9.17, 15) is 0 Å². The summed E-state index contributed by atoms with van der Waals surface area (Å²) in [7, 11) is 2.01. The molecule has 1 heterocycles. The number of ether oxygens (including phenoxy) is 1. The van der Waals surface area contributed by atoms with Crippen molar-refractivity contribution in [2.75, 3.05) is 26.8 Å². The van der Waals surface area contributed by atoms with Crippen molar-refractivity contribution < 1.29 is 4.74 Å². The molecule has 74 valence electrons. The first-order valence-corrected chi connectivity index (χ1v) is 4.49. The van der Waals surface area contributed by atoms with E-state index in [2.05, 4.69) is 12.2 Å². The van der Waals surface area contributed by atoms with Crippen LogP contribution in [0.25, 0.3) is 0 Å². The molecule has 0 bridgehead atoms. The molecule has 1 saturated heterocycles. The van der Waals surface area contributed by atoms with Crippen molar-refractivity contribution >= 4 is 12.4 Å². The van der Waals surface area contributed by atoms with E-state index in [1.54, 1.807) is 0 Å². The SMILES string of the molecule is CNCC[C@]1(C)CCCOC1.Cl. The zero-order chi connectivity index (χ0) is 8.16. The molecule has 1 aliphatic rings. The quantitative estimate of drug-likeness (QED) is 0.739. The van der Waals surface area contributed by atoms with Crippen LogP contribution < -0.4 is 5.32 Å². The van der Waals surface area contributed by atoms with E-state index < -0.39 is 0 Å². The van der Waals surface area contributed by atoms with Crippen molar-refractivity contribution in [3.63, 3.8) is 0 Å². The highest BCUT2D eigenvalue weighted by molar-refractivity contribution is 5.85. The van der Waals surface area contributed by atoms with E-state index in [-0.39, 0.29) is 12.4 Å². The lowest BCUT2D eigenvalue weighted by Crippen LogP contribution is -2.31. The van der Waals surface area contributed by atoms with Gasteiger partial charge in [0.25, 0.3) is 0 Å². The summed E-state index contributed by atoms with van der Waals surface area (Å²) in [6, 6.07) is 0. The summed E-state index contributed by atoms with van der Waals surface area (Å²) in [6.07, 6.45) is 3.80. The normalized spacial score (nSPS) is 29.5. The highest BCUT2D eigenvalue weighted by Crippen LogP contribution is 2.30. The van der Waals surface area contributed by atoms with Gasteiger partial charge in [-0.3, -0.25) is 0 Å². The summed E-state index contributed by atoms with van der Waals surface area (Å²) < 4.78 is 5.45. The average molecular weight is 194 g/mol. The number of hydrogen-bond donors (Lipinski definition) is 1. The predicted molar refractivity (Wildman–Crippen MR) is 54.0 cm³/mol. The van der Waals surface area contributed by atoms with Crippen molar-refractivity contribution in [3.8, 4) is 0 Å². The van der Waals surface area contributed by atoms with Gasteiger partial charge in [0.15, 0.2) is 0 Å². The van der Waals surface area contributed by atoms with Gasteiger partial charge in [0.05, 0.1) is 6.61 Å². The third-order valence-corrected chi connectivity index (χ3v) is 2.50. The monoisotopic (exact) mass is 193 g/mol. The predicted octanol–water partition coefficient (Wildman–Crippen LogP) is 1.83. The lowest BCUT2D eigenvalue weighted by Gasteiger charge is -2.33. The Morgan fingerprint density at radius 3 is 2.75 bits per heavy atom. The van der Waals surface area contributed by atoms with Crippen LogP contribution in [-0.4, -0.2) is 26.8 Å². The molecule has 1 fully saturated rings. The molecule has 0 aromatic carbocycles. The number of rotatable bonds is 3. The molecule has 0 aromatic heterocycles. The zero-order valence-corrected chi connectivity index (χ0v) is 8.88. The number of hydrogen-bond acceptors (Lipinski definition) is 2. The van der Waals surface area contributed by atoms with Crippen molar-refractivity contribution in [3.05, 3.63) is 0 Å². The third-order valence-electron chi connectivity index (χ3n) is 2.50. The molecule has 0 spiro atoms. The van der Waals surface area contributed by atoms with Gasteiger partial charge in [0.1, 0.15) is 0 Å². The molecule has 3 heteroatoms. The molecule has 12 heavy (non-hydrogen) atoms. The molecular formula is C9H20ClNO. The number of halogens is 1. The van der Waals surface area contributed by atoms with Gasteiger partial charge in [-0.1, -0.05) is 6.92 Å². The van der Waals surface area contributed by atoms with Crippen LogP contribution in [-0.2, 0) is 4.74 Å². The second-order valence-corrected chi connectivity index (χ2v) is 3.82. The summed E-state index contributed by atoms with van der Waals surface area (Å²) in [6.45, 7) is 5.35. The minimum atomic E-state index is 0. The fourth-order valence-electron chi connectivity index (χ4n) is 1.62. The molecule has 1 aliphatic heterocycles. The van der Waals surface area contributed by atoms with E-state index in [0.29, 0.717) is 5.41 Å². The minimum absolute atomic E-state index is 0. The Balaban J connectivity index is 0.00000121. The first-order valence-electron chi connectivity index (χ1n) is 4.49. The molecule has 0 aromatic rings. The Morgan fingerprint density at radius 2 is 2.25 bits per heavy atom. The summed E-state index contributed by atoms with van der Waals surface area (Å²) in [5.74, 6) is 0. The average Bonchev–Trinajstić information content (AvgIpc) is 2.03. The second-order valence-electron chi connectivity index (χ2n) is 3.82. The molecule has 0 unspecified atom stereocenters. The van der Waals surface area contributed by atoms with Gasteiger partial charge in [0.2, 0.25) is 0 Å². The van der Waals surface area contributed by atoms with E-state index in [1.807, 2.05) is 7.05 Å². The minimum Gasteiger partial charge on any atom is -0.381 e. The molecular weight excluding hydrogens is 174 g/mol. The van der Waals surface area contributed by atoms with Crippen molar-refractivity contribution in [2.24, 2.45) is 5.41 Å². The topological polar surface area (TPSA) is 21.3 Å². The highest BCUT2D eigenvalue weighted by atomic mass is 35.5. The van der Waals surface area contributed by atoms with Crippen LogP contribution in [0, 0.1) is 5.41 Å². The van der Waals surface area contributed by atoms with Crippen LogP contribution >= 0.6 is 12.4 Å². The molecule has 1 N–H and O–H groups in total. The Morgan fingerprint density at radius 1 is 1.50 bits per heavy atom. The van der Waals surface area contributed by atoms with Gasteiger partial charge in [0, 0.05) is 6.61 Å². The van der Waals surface area contributed by atoms with E-state index in [4.69, 9.17) is 4.74 Å². The summed E-state index contributed by atoms with van der Waals surface area (Å²) >= 11 is 0. The highest BCUT2D eigenvalue weighted by Gasteiger charge is 2.26. The largest absolute Gasteiger partial charge is 0.381 e. The first-order chi connectivity index (χ1) is 5.27. The van der Waals surface area contributed by atoms with E-state index in [1.165, 1.54) is 19.3 Å². The molecule has 0 amide bonds. The van der Waals surface area contributed by atoms with Gasteiger partial charge >= 0.3 is 0 Å². The van der Waals surface area contributed by atoms with Crippen LogP contribution in [0.5, 0.6) is 0 Å². The van der Waals surface area contributed by atoms with Crippen LogP contribution in [0.1, 0.15) is 26.2 Å². The summed E-state index contributed by atoms with van der Waals surface area (Å²) in [5, 5.41) is 3.18. The molecule has 1 rings (SSSR count). The maximum atomic E-state index is 5.45. The van der Waals surface area contributed by atoms with Gasteiger partial charge < -0.3 is 10.1 Å². The third kappa shape index (κ3) is 3.74. The molecule has 0 aliphatic carbocycles. The standard InChI is InChI=1S/C9H19NO.ClH/c1-9(5-6-10-2)4-3-7-11-8-9;/h10H,3-8H2,1-2H3;1H/t9-;/m0./s1. The second kappa shape index (κ2) is 5.79. The maximum absolute atomic E-state index is 5.45. The van der Waals surface area contributed by atoms with Gasteiger partial charge in [-0.15, -0.1) is 12.4 Å². The van der Waals surface area contributed by atoms with Crippen LogP contribution in [0.2, 0.25) is 0 Å². The lowest BCUT2D eigenvalue weighted by molar-refractivity contribution is -0.00144. The van der Waals surface area contributed by atoms with Crippen LogP contribution in [0.4, 0.5) is 0 Å². The van der Waals surface area contributed by atoms with Crippen LogP contribution in [0.3, 0.4) is 0 Å². The summed E-state index contributed by atoms with van der Waals surface area (Å²) in [4.78, 5) is 0. The first kappa shape index (κ1) is 12.2.